The maximum atomic E-state index is 8.17. The molecule has 0 fully saturated rings. The number of hydrogen-bond acceptors (Lipinski definition) is 3. The lowest BCUT2D eigenvalue weighted by Crippen LogP contribution is -2.15. The molecule has 0 rings (SSSR count). The number of aliphatic hydroxyl groups excluding tert-OH is 3. The molecule has 0 aliphatic carbocycles. The summed E-state index contributed by atoms with van der Waals surface area (Å²) in [5.41, 5.74) is 0. The van der Waals surface area contributed by atoms with E-state index in [0.29, 0.717) is 0 Å². The van der Waals surface area contributed by atoms with Crippen LogP contribution in [0.4, 0.5) is 0 Å². The van der Waals surface area contributed by atoms with Crippen molar-refractivity contribution in [3.63, 3.8) is 0 Å². The predicted molar refractivity (Wildman–Crippen MR) is 52.1 cm³/mol. The van der Waals surface area contributed by atoms with Gasteiger partial charge in [0.25, 0.3) is 0 Å². The van der Waals surface area contributed by atoms with Gasteiger partial charge in [-0.3, -0.25) is 0 Å². The summed E-state index contributed by atoms with van der Waals surface area (Å²) in [7, 11) is 0. The van der Waals surface area contributed by atoms with Gasteiger partial charge in [0, 0.05) is 0 Å². The van der Waals surface area contributed by atoms with Gasteiger partial charge in [-0.05, 0) is 0 Å². The highest BCUT2D eigenvalue weighted by Gasteiger charge is 1.93. The molecule has 0 bridgehead atoms. The highest BCUT2D eigenvalue weighted by Crippen LogP contribution is 1.71. The maximum Gasteiger partial charge on any atom is 0.100 e. The van der Waals surface area contributed by atoms with Crippen LogP contribution in [0.15, 0.2) is 0 Å². The van der Waals surface area contributed by atoms with Gasteiger partial charge in [0.1, 0.15) is 6.10 Å². The van der Waals surface area contributed by atoms with Gasteiger partial charge in [0.15, 0.2) is 0 Å². The molecular weight excluding hydrogens is 156 g/mol. The van der Waals surface area contributed by atoms with Crippen LogP contribution in [0.25, 0.3) is 0 Å². The van der Waals surface area contributed by atoms with Crippen LogP contribution in [0.1, 0.15) is 40.5 Å². The summed E-state index contributed by atoms with van der Waals surface area (Å²) in [5.74, 6) is 0. The number of aliphatic hydroxyl groups is 3. The molecule has 0 aliphatic rings. The number of rotatable bonds is 2. The Bertz CT molecular complexity index is 43.0. The fourth-order valence-corrected chi connectivity index (χ4v) is 0.0577. The third kappa shape index (κ3) is 51.8. The third-order valence-corrected chi connectivity index (χ3v) is 0.421. The Balaban J connectivity index is -0.000000115. The Hall–Kier alpha value is -0.120. The van der Waals surface area contributed by atoms with E-state index in [4.69, 9.17) is 15.3 Å². The minimum absolute atomic E-state index is 0.365. The van der Waals surface area contributed by atoms with Gasteiger partial charge >= 0.3 is 0 Å². The van der Waals surface area contributed by atoms with Crippen LogP contribution >= 0.6 is 0 Å². The Kier molecular flexibility index (Phi) is 33.3. The van der Waals surface area contributed by atoms with Gasteiger partial charge < -0.3 is 15.3 Å². The Morgan fingerprint density at radius 1 is 0.833 bits per heavy atom. The standard InChI is InChI=1S/C3H8O3.2C3H8/c4-1-3(6)2-5;2*1-3-2/h3-6H,1-2H2;2*3H2,1-2H3. The van der Waals surface area contributed by atoms with Crippen molar-refractivity contribution in [2.24, 2.45) is 0 Å². The first-order valence-corrected chi connectivity index (χ1v) is 4.54. The SMILES string of the molecule is CCC.CCC.OCC(O)CO. The smallest absolute Gasteiger partial charge is 0.100 e. The zero-order valence-corrected chi connectivity index (χ0v) is 8.75. The zero-order chi connectivity index (χ0) is 10.4. The van der Waals surface area contributed by atoms with Crippen molar-refractivity contribution in [3.8, 4) is 0 Å². The average Bonchev–Trinajstić information content (AvgIpc) is 2.06. The van der Waals surface area contributed by atoms with Crippen molar-refractivity contribution in [2.45, 2.75) is 46.6 Å². The van der Waals surface area contributed by atoms with E-state index in [9.17, 15) is 0 Å². The van der Waals surface area contributed by atoms with Gasteiger partial charge in [-0.25, -0.2) is 0 Å². The van der Waals surface area contributed by atoms with Crippen LogP contribution in [-0.2, 0) is 0 Å². The van der Waals surface area contributed by atoms with Gasteiger partial charge in [0.05, 0.1) is 13.2 Å². The van der Waals surface area contributed by atoms with Crippen molar-refractivity contribution < 1.29 is 15.3 Å². The van der Waals surface area contributed by atoms with Crippen LogP contribution in [-0.4, -0.2) is 34.6 Å². The summed E-state index contributed by atoms with van der Waals surface area (Å²) < 4.78 is 0. The molecule has 0 aliphatic heterocycles. The molecule has 0 amide bonds. The monoisotopic (exact) mass is 180 g/mol. The van der Waals surface area contributed by atoms with E-state index in [0.717, 1.165) is 0 Å². The summed E-state index contributed by atoms with van der Waals surface area (Å²) in [6.07, 6.45) is 1.55. The highest BCUT2D eigenvalue weighted by molar-refractivity contribution is 4.43. The molecule has 0 radical (unpaired) electrons. The van der Waals surface area contributed by atoms with E-state index >= 15 is 0 Å². The fourth-order valence-electron chi connectivity index (χ4n) is 0.0577. The molecule has 0 atom stereocenters. The molecule has 3 N–H and O–H groups in total. The minimum atomic E-state index is -0.954. The predicted octanol–water partition coefficient (Wildman–Crippen LogP) is 1.16. The Morgan fingerprint density at radius 3 is 1.00 bits per heavy atom. The quantitative estimate of drug-likeness (QED) is 0.597. The zero-order valence-electron chi connectivity index (χ0n) is 8.75. The molecule has 0 unspecified atom stereocenters. The Labute approximate surface area is 76.1 Å². The highest BCUT2D eigenvalue weighted by atomic mass is 16.3. The van der Waals surface area contributed by atoms with E-state index in [1.807, 2.05) is 0 Å². The fraction of sp³-hybridized carbons (Fsp3) is 1.00. The first-order valence-electron chi connectivity index (χ1n) is 4.54. The normalized spacial score (nSPS) is 8.00. The van der Waals surface area contributed by atoms with Crippen molar-refractivity contribution in [3.05, 3.63) is 0 Å². The summed E-state index contributed by atoms with van der Waals surface area (Å²) in [6.45, 7) is 7.77. The van der Waals surface area contributed by atoms with Crippen LogP contribution in [0, 0.1) is 0 Å². The van der Waals surface area contributed by atoms with Gasteiger partial charge in [-0.2, -0.15) is 0 Å². The molecule has 0 aromatic heterocycles. The molecule has 0 saturated heterocycles. The van der Waals surface area contributed by atoms with Crippen LogP contribution in [0.2, 0.25) is 0 Å². The van der Waals surface area contributed by atoms with Crippen LogP contribution in [0.3, 0.4) is 0 Å². The molecule has 12 heavy (non-hydrogen) atoms. The first kappa shape index (κ1) is 17.8. The molecule has 3 heteroatoms. The Morgan fingerprint density at radius 2 is 1.00 bits per heavy atom. The van der Waals surface area contributed by atoms with E-state index < -0.39 is 6.10 Å². The summed E-state index contributed by atoms with van der Waals surface area (Å²) >= 11 is 0. The summed E-state index contributed by atoms with van der Waals surface area (Å²) in [5, 5.41) is 24.0. The molecular formula is C9H24O3. The van der Waals surface area contributed by atoms with E-state index in [2.05, 4.69) is 27.7 Å². The topological polar surface area (TPSA) is 60.7 Å². The summed E-state index contributed by atoms with van der Waals surface area (Å²) in [6, 6.07) is 0. The minimum Gasteiger partial charge on any atom is -0.394 e. The van der Waals surface area contributed by atoms with Crippen molar-refractivity contribution in [1.82, 2.24) is 0 Å². The molecule has 0 heterocycles. The van der Waals surface area contributed by atoms with Crippen molar-refractivity contribution in [1.29, 1.82) is 0 Å². The van der Waals surface area contributed by atoms with E-state index in [-0.39, 0.29) is 13.2 Å². The molecule has 0 spiro atoms. The number of hydrogen-bond donors (Lipinski definition) is 3. The van der Waals surface area contributed by atoms with Crippen molar-refractivity contribution in [2.75, 3.05) is 13.2 Å². The summed E-state index contributed by atoms with van der Waals surface area (Å²) in [4.78, 5) is 0. The van der Waals surface area contributed by atoms with Crippen molar-refractivity contribution >= 4 is 0 Å². The lowest BCUT2D eigenvalue weighted by molar-refractivity contribution is 0.0450. The van der Waals surface area contributed by atoms with E-state index in [1.165, 1.54) is 12.8 Å². The third-order valence-electron chi connectivity index (χ3n) is 0.421. The average molecular weight is 180 g/mol. The first-order chi connectivity index (χ1) is 5.64. The van der Waals surface area contributed by atoms with Gasteiger partial charge in [0.2, 0.25) is 0 Å². The lowest BCUT2D eigenvalue weighted by Gasteiger charge is -1.96. The molecule has 0 saturated carbocycles. The van der Waals surface area contributed by atoms with Gasteiger partial charge in [-0.15, -0.1) is 0 Å². The van der Waals surface area contributed by atoms with Crippen LogP contribution < -0.4 is 0 Å². The van der Waals surface area contributed by atoms with Crippen LogP contribution in [0.5, 0.6) is 0 Å². The maximum absolute atomic E-state index is 8.17. The molecule has 0 aromatic carbocycles. The molecule has 0 aromatic rings. The second-order valence-electron chi connectivity index (χ2n) is 2.43. The lowest BCUT2D eigenvalue weighted by atomic mass is 10.4. The van der Waals surface area contributed by atoms with E-state index in [1.54, 1.807) is 0 Å². The largest absolute Gasteiger partial charge is 0.394 e. The second kappa shape index (κ2) is 22.4. The molecule has 3 nitrogen and oxygen atoms in total. The van der Waals surface area contributed by atoms with Gasteiger partial charge in [-0.1, -0.05) is 40.5 Å². The molecule has 78 valence electrons. The second-order valence-corrected chi connectivity index (χ2v) is 2.43.